The van der Waals surface area contributed by atoms with Crippen molar-refractivity contribution < 1.29 is 33.8 Å². The number of nitrogens with two attached hydrogens (primary N) is 1. The number of nitrogens with one attached hydrogen (secondary N) is 2. The Morgan fingerprint density at radius 2 is 1.77 bits per heavy atom. The molecule has 11 heteroatoms. The van der Waals surface area contributed by atoms with Crippen LogP contribution in [0.15, 0.2) is 30.3 Å². The van der Waals surface area contributed by atoms with Crippen molar-refractivity contribution in [2.45, 2.75) is 18.8 Å². The number of halogens is 1. The van der Waals surface area contributed by atoms with Gasteiger partial charge in [0.05, 0.1) is 0 Å². The highest BCUT2D eigenvalue weighted by Gasteiger charge is 2.28. The highest BCUT2D eigenvalue weighted by Crippen LogP contribution is 2.02. The number of rotatable bonds is 8. The van der Waals surface area contributed by atoms with Crippen LogP contribution in [0.2, 0.25) is 0 Å². The first-order chi connectivity index (χ1) is 12.3. The summed E-state index contributed by atoms with van der Waals surface area (Å²) in [5.41, 5.74) is 5.82. The second-order valence-electron chi connectivity index (χ2n) is 4.93. The molecule has 4 amide bonds. The fourth-order valence-corrected chi connectivity index (χ4v) is 1.76. The van der Waals surface area contributed by atoms with Gasteiger partial charge in [-0.3, -0.25) is 14.9 Å². The second-order valence-corrected chi connectivity index (χ2v) is 5.20. The van der Waals surface area contributed by atoms with Gasteiger partial charge in [-0.25, -0.2) is 9.59 Å². The quantitative estimate of drug-likeness (QED) is 0.442. The summed E-state index contributed by atoms with van der Waals surface area (Å²) in [5.74, 6) is -2.34. The van der Waals surface area contributed by atoms with Gasteiger partial charge in [0.25, 0.3) is 0 Å². The smallest absolute Gasteiger partial charge is 0.413 e. The molecule has 0 saturated carbocycles. The molecule has 26 heavy (non-hydrogen) atoms. The molecule has 142 valence electrons. The number of ether oxygens (including phenoxy) is 2. The van der Waals surface area contributed by atoms with Gasteiger partial charge in [-0.05, 0) is 5.56 Å². The molecule has 1 rings (SSSR count). The molecule has 0 aromatic heterocycles. The second kappa shape index (κ2) is 10.9. The van der Waals surface area contributed by atoms with Gasteiger partial charge in [-0.1, -0.05) is 30.3 Å². The summed E-state index contributed by atoms with van der Waals surface area (Å²) in [7, 11) is 0. The summed E-state index contributed by atoms with van der Waals surface area (Å²) in [5, 5.41) is 13.7. The summed E-state index contributed by atoms with van der Waals surface area (Å²) >= 11 is 5.19. The minimum atomic E-state index is -1.66. The number of imide groups is 1. The molecule has 0 saturated heterocycles. The molecule has 0 aliphatic heterocycles. The molecule has 0 aliphatic carbocycles. The van der Waals surface area contributed by atoms with Crippen molar-refractivity contribution in [3.63, 3.8) is 0 Å². The number of benzene rings is 1. The number of carbonyl (C=O) groups excluding carboxylic acids is 4. The predicted molar refractivity (Wildman–Crippen MR) is 89.0 cm³/mol. The van der Waals surface area contributed by atoms with Gasteiger partial charge in [0.15, 0.2) is 0 Å². The Hall–Kier alpha value is -2.85. The van der Waals surface area contributed by atoms with Gasteiger partial charge >= 0.3 is 12.2 Å². The average Bonchev–Trinajstić information content (AvgIpc) is 2.62. The Kier molecular flexibility index (Phi) is 8.88. The highest BCUT2D eigenvalue weighted by molar-refractivity contribution is 6.28. The maximum Gasteiger partial charge on any atom is 0.413 e. The molecule has 0 heterocycles. The van der Waals surface area contributed by atoms with E-state index in [-0.39, 0.29) is 6.61 Å². The molecule has 1 aromatic rings. The normalized spacial score (nSPS) is 12.4. The molecular weight excluding hydrogens is 370 g/mol. The van der Waals surface area contributed by atoms with Crippen LogP contribution in [-0.4, -0.2) is 53.7 Å². The summed E-state index contributed by atoms with van der Waals surface area (Å²) in [6.45, 7) is -0.776. The van der Waals surface area contributed by atoms with Gasteiger partial charge in [-0.15, -0.1) is 11.6 Å². The summed E-state index contributed by atoms with van der Waals surface area (Å²) in [6.07, 6.45) is -3.84. The van der Waals surface area contributed by atoms with E-state index in [4.69, 9.17) is 22.1 Å². The van der Waals surface area contributed by atoms with Crippen LogP contribution in [0, 0.1) is 0 Å². The molecular formula is C15H18ClN3O7. The number of aliphatic hydroxyl groups excluding tert-OH is 1. The topological polar surface area (TPSA) is 157 Å². The van der Waals surface area contributed by atoms with Crippen LogP contribution in [-0.2, 0) is 25.7 Å². The molecule has 5 N–H and O–H groups in total. The molecule has 0 unspecified atom stereocenters. The first-order valence-electron chi connectivity index (χ1n) is 7.30. The van der Waals surface area contributed by atoms with E-state index in [0.717, 1.165) is 0 Å². The largest absolute Gasteiger partial charge is 0.446 e. The number of hydrogen-bond acceptors (Lipinski definition) is 7. The van der Waals surface area contributed by atoms with Crippen LogP contribution in [0.25, 0.3) is 0 Å². The van der Waals surface area contributed by atoms with Crippen LogP contribution < -0.4 is 16.4 Å². The van der Waals surface area contributed by atoms with Crippen LogP contribution in [0.4, 0.5) is 9.59 Å². The number of primary amides is 1. The summed E-state index contributed by atoms with van der Waals surface area (Å²) in [6, 6.07) is 7.17. The van der Waals surface area contributed by atoms with Gasteiger partial charge in [0, 0.05) is 0 Å². The molecule has 1 aromatic carbocycles. The van der Waals surface area contributed by atoms with Crippen LogP contribution in [0.5, 0.6) is 0 Å². The molecule has 0 fully saturated rings. The van der Waals surface area contributed by atoms with E-state index in [1.54, 1.807) is 35.6 Å². The molecule has 10 nitrogen and oxygen atoms in total. The van der Waals surface area contributed by atoms with Gasteiger partial charge in [0.2, 0.25) is 11.8 Å². The zero-order chi connectivity index (χ0) is 19.5. The Labute approximate surface area is 153 Å². The standard InChI is InChI=1S/C15H18ClN3O7/c16-6-11(21)18-14(23)26-8-10(20)12(13(17)22)19-15(24)25-7-9-4-2-1-3-5-9/h1-5,10,12,20H,6-8H2,(H2,17,22)(H,19,24)(H,18,21,23)/t10-,12+/m1/s1. The van der Waals surface area contributed by atoms with Crippen molar-refractivity contribution in [2.75, 3.05) is 12.5 Å². The van der Waals surface area contributed by atoms with E-state index in [2.05, 4.69) is 10.1 Å². The monoisotopic (exact) mass is 387 g/mol. The molecule has 0 aliphatic rings. The average molecular weight is 388 g/mol. The van der Waals surface area contributed by atoms with Crippen molar-refractivity contribution in [3.8, 4) is 0 Å². The molecule has 0 bridgehead atoms. The van der Waals surface area contributed by atoms with E-state index in [1.807, 2.05) is 0 Å². The van der Waals surface area contributed by atoms with Crippen LogP contribution in [0.1, 0.15) is 5.56 Å². The number of amides is 4. The third kappa shape index (κ3) is 7.81. The van der Waals surface area contributed by atoms with E-state index in [1.165, 1.54) is 0 Å². The maximum atomic E-state index is 11.7. The molecule has 2 atom stereocenters. The number of carbonyl (C=O) groups is 4. The van der Waals surface area contributed by atoms with Gasteiger partial charge < -0.3 is 25.6 Å². The predicted octanol–water partition coefficient (Wildman–Crippen LogP) is -0.381. The first-order valence-corrected chi connectivity index (χ1v) is 7.84. The Balaban J connectivity index is 2.48. The van der Waals surface area contributed by atoms with Crippen LogP contribution in [0.3, 0.4) is 0 Å². The number of aliphatic hydroxyl groups is 1. The van der Waals surface area contributed by atoms with Crippen LogP contribution >= 0.6 is 11.6 Å². The number of hydrogen-bond donors (Lipinski definition) is 4. The van der Waals surface area contributed by atoms with Gasteiger partial charge in [0.1, 0.15) is 31.2 Å². The lowest BCUT2D eigenvalue weighted by Crippen LogP contribution is -2.53. The summed E-state index contributed by atoms with van der Waals surface area (Å²) < 4.78 is 9.44. The summed E-state index contributed by atoms with van der Waals surface area (Å²) in [4.78, 5) is 45.2. The lowest BCUT2D eigenvalue weighted by Gasteiger charge is -2.20. The van der Waals surface area contributed by atoms with Crippen molar-refractivity contribution in [2.24, 2.45) is 5.73 Å². The lowest BCUT2D eigenvalue weighted by atomic mass is 10.1. The van der Waals surface area contributed by atoms with E-state index in [9.17, 15) is 24.3 Å². The van der Waals surface area contributed by atoms with E-state index >= 15 is 0 Å². The lowest BCUT2D eigenvalue weighted by molar-refractivity contribution is -0.123. The van der Waals surface area contributed by atoms with Crippen molar-refractivity contribution >= 4 is 35.6 Å². The van der Waals surface area contributed by atoms with E-state index in [0.29, 0.717) is 5.56 Å². The number of alkyl halides is 1. The van der Waals surface area contributed by atoms with E-state index < -0.39 is 48.6 Å². The fraction of sp³-hybridized carbons (Fsp3) is 0.333. The Bertz CT molecular complexity index is 641. The fourth-order valence-electron chi connectivity index (χ4n) is 1.69. The highest BCUT2D eigenvalue weighted by atomic mass is 35.5. The maximum absolute atomic E-state index is 11.7. The zero-order valence-corrected chi connectivity index (χ0v) is 14.3. The Morgan fingerprint density at radius 3 is 2.35 bits per heavy atom. The van der Waals surface area contributed by atoms with Gasteiger partial charge in [-0.2, -0.15) is 0 Å². The van der Waals surface area contributed by atoms with Crippen molar-refractivity contribution in [1.82, 2.24) is 10.6 Å². The van der Waals surface area contributed by atoms with Crippen molar-refractivity contribution in [1.29, 1.82) is 0 Å². The first kappa shape index (κ1) is 21.2. The number of alkyl carbamates (subject to hydrolysis) is 2. The minimum Gasteiger partial charge on any atom is -0.446 e. The Morgan fingerprint density at radius 1 is 1.12 bits per heavy atom. The molecule has 0 radical (unpaired) electrons. The van der Waals surface area contributed by atoms with Crippen molar-refractivity contribution in [3.05, 3.63) is 35.9 Å². The minimum absolute atomic E-state index is 0.0618. The zero-order valence-electron chi connectivity index (χ0n) is 13.5. The third-order valence-corrected chi connectivity index (χ3v) is 3.17. The third-order valence-electron chi connectivity index (χ3n) is 2.93. The SMILES string of the molecule is NC(=O)[C@@H](NC(=O)OCc1ccccc1)[C@H](O)COC(=O)NC(=O)CCl. The molecule has 0 spiro atoms.